The van der Waals surface area contributed by atoms with E-state index in [-0.39, 0.29) is 11.8 Å². The molecule has 4 rings (SSSR count). The fourth-order valence-corrected chi connectivity index (χ4v) is 4.09. The molecule has 1 fully saturated rings. The van der Waals surface area contributed by atoms with Gasteiger partial charge >= 0.3 is 0 Å². The number of ether oxygens (including phenoxy) is 1. The third kappa shape index (κ3) is 6.31. The molecular weight excluding hydrogens is 412 g/mol. The summed E-state index contributed by atoms with van der Waals surface area (Å²) in [5.41, 5.74) is 2.75. The number of anilines is 1. The van der Waals surface area contributed by atoms with Crippen LogP contribution in [0.4, 0.5) is 5.69 Å². The fraction of sp³-hybridized carbons (Fsp3) is 0.250. The molecule has 5 nitrogen and oxygen atoms in total. The lowest BCUT2D eigenvalue weighted by molar-refractivity contribution is 0.0846. The molecule has 0 radical (unpaired) electrons. The van der Waals surface area contributed by atoms with E-state index in [4.69, 9.17) is 4.74 Å². The van der Waals surface area contributed by atoms with Crippen molar-refractivity contribution in [3.8, 4) is 5.75 Å². The van der Waals surface area contributed by atoms with Gasteiger partial charge in [-0.2, -0.15) is 0 Å². The molecule has 2 unspecified atom stereocenters. The van der Waals surface area contributed by atoms with Crippen LogP contribution < -0.4 is 15.0 Å². The van der Waals surface area contributed by atoms with E-state index >= 15 is 0 Å². The summed E-state index contributed by atoms with van der Waals surface area (Å²) in [6.07, 6.45) is 4.47. The summed E-state index contributed by atoms with van der Waals surface area (Å²) in [5.74, 6) is 0.700. The van der Waals surface area contributed by atoms with E-state index in [9.17, 15) is 9.90 Å². The highest BCUT2D eigenvalue weighted by molar-refractivity contribution is 6.06. The highest BCUT2D eigenvalue weighted by Gasteiger charge is 2.29. The van der Waals surface area contributed by atoms with Crippen LogP contribution in [0.2, 0.25) is 0 Å². The second-order valence-corrected chi connectivity index (χ2v) is 8.12. The van der Waals surface area contributed by atoms with Crippen molar-refractivity contribution in [2.75, 3.05) is 24.6 Å². The summed E-state index contributed by atoms with van der Waals surface area (Å²) in [6.45, 7) is 2.17. The number of aliphatic hydroxyl groups is 1. The van der Waals surface area contributed by atoms with Crippen LogP contribution in [0.5, 0.6) is 5.75 Å². The van der Waals surface area contributed by atoms with Crippen LogP contribution in [-0.4, -0.2) is 42.9 Å². The number of nitrogens with one attached hydrogen (secondary N) is 1. The first-order valence-corrected chi connectivity index (χ1v) is 11.4. The van der Waals surface area contributed by atoms with Gasteiger partial charge in [-0.15, -0.1) is 0 Å². The first-order chi connectivity index (χ1) is 16.2. The van der Waals surface area contributed by atoms with Crippen molar-refractivity contribution in [1.29, 1.82) is 0 Å². The highest BCUT2D eigenvalue weighted by atomic mass is 16.5. The standard InChI is InChI=1S/C28H30N2O3/c31-27(18-13-22-8-3-1-4-9-22)23-14-16-25(17-15-23)33-21-7-12-26-28(32)29-19-20-30(26)24-10-5-2-6-11-24/h1-6,8-11,13-18,26,28-29,32H,7,12,19-21H2/b18-13+. The second kappa shape index (κ2) is 11.5. The third-order valence-electron chi connectivity index (χ3n) is 5.84. The van der Waals surface area contributed by atoms with Crippen LogP contribution in [0.3, 0.4) is 0 Å². The summed E-state index contributed by atoms with van der Waals surface area (Å²) in [7, 11) is 0. The molecule has 3 aromatic carbocycles. The average molecular weight is 443 g/mol. The average Bonchev–Trinajstić information content (AvgIpc) is 2.87. The van der Waals surface area contributed by atoms with Gasteiger partial charge in [-0.25, -0.2) is 0 Å². The van der Waals surface area contributed by atoms with E-state index in [0.29, 0.717) is 12.2 Å². The molecule has 0 aromatic heterocycles. The number of allylic oxidation sites excluding steroid dienone is 1. The van der Waals surface area contributed by atoms with E-state index in [2.05, 4.69) is 22.3 Å². The molecule has 0 amide bonds. The molecule has 1 aliphatic rings. The Morgan fingerprint density at radius 2 is 1.70 bits per heavy atom. The molecule has 0 spiro atoms. The fourth-order valence-electron chi connectivity index (χ4n) is 4.09. The molecule has 2 N–H and O–H groups in total. The van der Waals surface area contributed by atoms with E-state index < -0.39 is 6.23 Å². The van der Waals surface area contributed by atoms with Crippen molar-refractivity contribution in [3.63, 3.8) is 0 Å². The van der Waals surface area contributed by atoms with Gasteiger partial charge < -0.3 is 14.7 Å². The zero-order valence-corrected chi connectivity index (χ0v) is 18.6. The molecular formula is C28H30N2O3. The Balaban J connectivity index is 1.26. The molecule has 0 bridgehead atoms. The molecule has 1 heterocycles. The maximum atomic E-state index is 12.4. The highest BCUT2D eigenvalue weighted by Crippen LogP contribution is 2.23. The Hall–Kier alpha value is -3.41. The monoisotopic (exact) mass is 442 g/mol. The van der Waals surface area contributed by atoms with Gasteiger partial charge in [-0.05, 0) is 60.9 Å². The molecule has 1 saturated heterocycles. The lowest BCUT2D eigenvalue weighted by atomic mass is 10.0. The largest absolute Gasteiger partial charge is 0.494 e. The summed E-state index contributed by atoms with van der Waals surface area (Å²) in [4.78, 5) is 14.6. The van der Waals surface area contributed by atoms with Gasteiger partial charge in [-0.1, -0.05) is 54.6 Å². The quantitative estimate of drug-likeness (QED) is 0.289. The zero-order valence-electron chi connectivity index (χ0n) is 18.6. The van der Waals surface area contributed by atoms with Gasteiger partial charge in [0.1, 0.15) is 12.0 Å². The number of ketones is 1. The minimum atomic E-state index is -0.562. The van der Waals surface area contributed by atoms with Crippen molar-refractivity contribution >= 4 is 17.5 Å². The molecule has 3 aromatic rings. The lowest BCUT2D eigenvalue weighted by Gasteiger charge is -2.41. The SMILES string of the molecule is O=C(/C=C/c1ccccc1)c1ccc(OCCCC2C(O)NCCN2c2ccccc2)cc1. The first kappa shape index (κ1) is 22.8. The van der Waals surface area contributed by atoms with E-state index in [1.807, 2.05) is 66.7 Å². The molecule has 1 aliphatic heterocycles. The smallest absolute Gasteiger partial charge is 0.185 e. The topological polar surface area (TPSA) is 61.8 Å². The Labute approximate surface area is 195 Å². The summed E-state index contributed by atoms with van der Waals surface area (Å²) in [6, 6.07) is 27.2. The Morgan fingerprint density at radius 1 is 1.00 bits per heavy atom. The minimum absolute atomic E-state index is 0.00106. The normalized spacial score (nSPS) is 18.4. The molecule has 170 valence electrons. The summed E-state index contributed by atoms with van der Waals surface area (Å²) < 4.78 is 5.89. The van der Waals surface area contributed by atoms with Crippen molar-refractivity contribution < 1.29 is 14.6 Å². The maximum absolute atomic E-state index is 12.4. The number of nitrogens with zero attached hydrogens (tertiary/aromatic N) is 1. The van der Waals surface area contributed by atoms with Crippen LogP contribution in [0.1, 0.15) is 28.8 Å². The van der Waals surface area contributed by atoms with Crippen LogP contribution in [0, 0.1) is 0 Å². The van der Waals surface area contributed by atoms with Crippen molar-refractivity contribution in [2.24, 2.45) is 0 Å². The van der Waals surface area contributed by atoms with Crippen molar-refractivity contribution in [2.45, 2.75) is 25.1 Å². The van der Waals surface area contributed by atoms with Gasteiger partial charge in [0.2, 0.25) is 0 Å². The van der Waals surface area contributed by atoms with Crippen LogP contribution in [-0.2, 0) is 0 Å². The first-order valence-electron chi connectivity index (χ1n) is 11.4. The van der Waals surface area contributed by atoms with Gasteiger partial charge in [0.25, 0.3) is 0 Å². The van der Waals surface area contributed by atoms with Crippen LogP contribution in [0.15, 0.2) is 91.0 Å². The maximum Gasteiger partial charge on any atom is 0.185 e. The number of benzene rings is 3. The van der Waals surface area contributed by atoms with E-state index in [0.717, 1.165) is 42.9 Å². The number of para-hydroxylation sites is 1. The number of hydrogen-bond acceptors (Lipinski definition) is 5. The van der Waals surface area contributed by atoms with Gasteiger partial charge in [0.05, 0.1) is 12.6 Å². The number of aliphatic hydroxyl groups excluding tert-OH is 1. The Bertz CT molecular complexity index is 1040. The van der Waals surface area contributed by atoms with Gasteiger partial charge in [0, 0.05) is 24.3 Å². The molecule has 0 aliphatic carbocycles. The minimum Gasteiger partial charge on any atom is -0.494 e. The van der Waals surface area contributed by atoms with E-state index in [1.54, 1.807) is 18.2 Å². The number of hydrogen-bond donors (Lipinski definition) is 2. The van der Waals surface area contributed by atoms with Crippen molar-refractivity contribution in [1.82, 2.24) is 5.32 Å². The van der Waals surface area contributed by atoms with Crippen LogP contribution in [0.25, 0.3) is 6.08 Å². The summed E-state index contributed by atoms with van der Waals surface area (Å²) >= 11 is 0. The van der Waals surface area contributed by atoms with Gasteiger partial charge in [-0.3, -0.25) is 10.1 Å². The lowest BCUT2D eigenvalue weighted by Crippen LogP contribution is -2.58. The van der Waals surface area contributed by atoms with Gasteiger partial charge in [0.15, 0.2) is 5.78 Å². The number of piperazine rings is 1. The predicted molar refractivity (Wildman–Crippen MR) is 133 cm³/mol. The third-order valence-corrected chi connectivity index (χ3v) is 5.84. The number of carbonyl (C=O) groups is 1. The van der Waals surface area contributed by atoms with Crippen molar-refractivity contribution in [3.05, 3.63) is 102 Å². The number of rotatable bonds is 9. The number of carbonyl (C=O) groups excluding carboxylic acids is 1. The van der Waals surface area contributed by atoms with E-state index in [1.165, 1.54) is 0 Å². The predicted octanol–water partition coefficient (Wildman–Crippen LogP) is 4.54. The molecule has 33 heavy (non-hydrogen) atoms. The Morgan fingerprint density at radius 3 is 2.42 bits per heavy atom. The van der Waals surface area contributed by atoms with Crippen LogP contribution >= 0.6 is 0 Å². The Kier molecular flexibility index (Phi) is 7.90. The summed E-state index contributed by atoms with van der Waals surface area (Å²) in [5, 5.41) is 13.6. The molecule has 0 saturated carbocycles. The molecule has 2 atom stereocenters. The second-order valence-electron chi connectivity index (χ2n) is 8.12. The zero-order chi connectivity index (χ0) is 22.9. The molecule has 5 heteroatoms.